The molecule has 33 heavy (non-hydrogen) atoms. The maximum absolute atomic E-state index is 11.5. The number of thiophene rings is 1. The van der Waals surface area contributed by atoms with Crippen LogP contribution in [-0.2, 0) is 24.3 Å². The molecule has 0 radical (unpaired) electrons. The molecule has 4 aromatic rings. The predicted molar refractivity (Wildman–Crippen MR) is 133 cm³/mol. The highest BCUT2D eigenvalue weighted by molar-refractivity contribution is 7.18. The van der Waals surface area contributed by atoms with Crippen molar-refractivity contribution in [1.82, 2.24) is 19.4 Å². The van der Waals surface area contributed by atoms with Crippen molar-refractivity contribution < 1.29 is 9.90 Å². The normalized spacial score (nSPS) is 16.8. The molecular weight excluding hydrogens is 434 g/mol. The third-order valence-corrected chi connectivity index (χ3v) is 7.45. The lowest BCUT2D eigenvalue weighted by atomic mass is 10.1. The van der Waals surface area contributed by atoms with E-state index in [1.54, 1.807) is 11.3 Å². The summed E-state index contributed by atoms with van der Waals surface area (Å²) in [5.74, 6) is 0.817. The van der Waals surface area contributed by atoms with Crippen LogP contribution in [-0.4, -0.2) is 43.1 Å². The van der Waals surface area contributed by atoms with E-state index in [9.17, 15) is 9.90 Å². The number of carbonyl (C=O) groups is 1. The number of benzene rings is 1. The zero-order chi connectivity index (χ0) is 22.9. The summed E-state index contributed by atoms with van der Waals surface area (Å²) >= 11 is 1.68. The third kappa shape index (κ3) is 4.20. The van der Waals surface area contributed by atoms with Gasteiger partial charge in [0.05, 0.1) is 15.7 Å². The molecule has 0 spiro atoms. The van der Waals surface area contributed by atoms with Gasteiger partial charge in [0, 0.05) is 19.5 Å². The average Bonchev–Trinajstić information content (AvgIpc) is 3.53. The Morgan fingerprint density at radius 2 is 1.94 bits per heavy atom. The number of nitrogens with zero attached hydrogens (tertiary/aromatic N) is 4. The van der Waals surface area contributed by atoms with Crippen molar-refractivity contribution in [3.8, 4) is 0 Å². The van der Waals surface area contributed by atoms with Crippen LogP contribution in [0.2, 0.25) is 0 Å². The van der Waals surface area contributed by atoms with E-state index < -0.39 is 5.97 Å². The summed E-state index contributed by atoms with van der Waals surface area (Å²) in [5.41, 5.74) is 11.4. The fourth-order valence-electron chi connectivity index (χ4n) is 4.82. The van der Waals surface area contributed by atoms with Crippen LogP contribution in [0, 0.1) is 0 Å². The molecule has 3 aromatic heterocycles. The van der Waals surface area contributed by atoms with Gasteiger partial charge in [0.25, 0.3) is 0 Å². The van der Waals surface area contributed by atoms with Crippen LogP contribution in [0.3, 0.4) is 0 Å². The van der Waals surface area contributed by atoms with Crippen LogP contribution in [0.25, 0.3) is 21.3 Å². The van der Waals surface area contributed by atoms with Crippen molar-refractivity contribution in [2.45, 2.75) is 58.2 Å². The minimum atomic E-state index is -0.718. The summed E-state index contributed by atoms with van der Waals surface area (Å²) in [5, 5.41) is 11.5. The Morgan fingerprint density at radius 1 is 1.18 bits per heavy atom. The maximum atomic E-state index is 11.5. The molecule has 1 atom stereocenters. The molecular formula is C25H29N5O2S. The molecule has 1 aromatic carbocycles. The monoisotopic (exact) mass is 463 g/mol. The number of nitrogen functional groups attached to an aromatic ring is 1. The van der Waals surface area contributed by atoms with Crippen LogP contribution in [0.1, 0.15) is 49.6 Å². The summed E-state index contributed by atoms with van der Waals surface area (Å²) < 4.78 is 3.43. The van der Waals surface area contributed by atoms with E-state index in [1.807, 2.05) is 6.07 Å². The first-order valence-electron chi connectivity index (χ1n) is 11.6. The highest BCUT2D eigenvalue weighted by atomic mass is 32.1. The second kappa shape index (κ2) is 9.11. The number of aryl methyl sites for hydroxylation is 1. The molecule has 1 aliphatic heterocycles. The summed E-state index contributed by atoms with van der Waals surface area (Å²) in [6.45, 7) is 4.42. The second-order valence-corrected chi connectivity index (χ2v) is 9.75. The van der Waals surface area contributed by atoms with E-state index in [-0.39, 0.29) is 6.04 Å². The van der Waals surface area contributed by atoms with Crippen molar-refractivity contribution in [2.75, 3.05) is 12.3 Å². The number of carboxylic acid groups (broad SMARTS) is 1. The van der Waals surface area contributed by atoms with Gasteiger partial charge >= 0.3 is 5.97 Å². The van der Waals surface area contributed by atoms with E-state index >= 15 is 0 Å². The number of fused-ring (bicyclic) bond motifs is 3. The lowest BCUT2D eigenvalue weighted by molar-refractivity contribution is -0.142. The second-order valence-electron chi connectivity index (χ2n) is 8.83. The molecule has 0 saturated carbocycles. The fourth-order valence-corrected chi connectivity index (χ4v) is 5.70. The Balaban J connectivity index is 1.45. The standard InChI is InChI=1S/C25H29N5O2S/c1-2-3-6-20-28-21-22(23-18(11-13-33-23)27-24(21)26)30(20)15-17-9-7-16(8-10-17)14-29-12-4-5-19(29)25(31)32/h7-11,13,19H,2-6,12,14-15H2,1H3,(H2,26,27)(H,31,32). The minimum absolute atomic E-state index is 0.365. The first kappa shape index (κ1) is 21.9. The summed E-state index contributed by atoms with van der Waals surface area (Å²) in [4.78, 5) is 23.0. The van der Waals surface area contributed by atoms with Gasteiger partial charge in [-0.3, -0.25) is 9.69 Å². The van der Waals surface area contributed by atoms with Gasteiger partial charge in [0.15, 0.2) is 5.82 Å². The van der Waals surface area contributed by atoms with Crippen LogP contribution < -0.4 is 5.73 Å². The van der Waals surface area contributed by atoms with E-state index in [4.69, 9.17) is 10.7 Å². The Labute approximate surface area is 196 Å². The van der Waals surface area contributed by atoms with Gasteiger partial charge in [-0.15, -0.1) is 11.3 Å². The molecule has 172 valence electrons. The van der Waals surface area contributed by atoms with Crippen LogP contribution in [0.4, 0.5) is 5.82 Å². The fraction of sp³-hybridized carbons (Fsp3) is 0.400. The van der Waals surface area contributed by atoms with Crippen LogP contribution >= 0.6 is 11.3 Å². The molecule has 0 bridgehead atoms. The van der Waals surface area contributed by atoms with Crippen LogP contribution in [0.5, 0.6) is 0 Å². The average molecular weight is 464 g/mol. The van der Waals surface area contributed by atoms with Crippen molar-refractivity contribution in [3.05, 3.63) is 52.7 Å². The summed E-state index contributed by atoms with van der Waals surface area (Å²) in [6, 6.07) is 10.2. The van der Waals surface area contributed by atoms with Gasteiger partial charge in [-0.25, -0.2) is 9.97 Å². The van der Waals surface area contributed by atoms with E-state index in [2.05, 4.69) is 51.0 Å². The molecule has 0 amide bonds. The molecule has 1 saturated heterocycles. The number of anilines is 1. The number of carboxylic acids is 1. The highest BCUT2D eigenvalue weighted by Gasteiger charge is 2.30. The molecule has 0 aliphatic carbocycles. The molecule has 4 heterocycles. The molecule has 3 N–H and O–H groups in total. The van der Waals surface area contributed by atoms with Crippen molar-refractivity contribution in [1.29, 1.82) is 0 Å². The SMILES string of the molecule is CCCCc1nc2c(N)nc3ccsc3c2n1Cc1ccc(CN2CCCC2C(=O)O)cc1. The maximum Gasteiger partial charge on any atom is 0.320 e. The number of hydrogen-bond donors (Lipinski definition) is 2. The largest absolute Gasteiger partial charge is 0.480 e. The molecule has 1 unspecified atom stereocenters. The summed E-state index contributed by atoms with van der Waals surface area (Å²) in [6.07, 6.45) is 4.76. The van der Waals surface area contributed by atoms with Crippen molar-refractivity contribution in [2.24, 2.45) is 0 Å². The number of unbranched alkanes of at least 4 members (excludes halogenated alkanes) is 1. The number of hydrogen-bond acceptors (Lipinski definition) is 6. The third-order valence-electron chi connectivity index (χ3n) is 6.54. The quantitative estimate of drug-likeness (QED) is 0.394. The number of nitrogens with two attached hydrogens (primary N) is 1. The zero-order valence-electron chi connectivity index (χ0n) is 18.8. The van der Waals surface area contributed by atoms with Gasteiger partial charge in [-0.1, -0.05) is 37.6 Å². The Hall–Kier alpha value is -2.97. The molecule has 1 aliphatic rings. The number of aromatic nitrogens is 3. The lowest BCUT2D eigenvalue weighted by Crippen LogP contribution is -2.35. The van der Waals surface area contributed by atoms with Gasteiger partial charge in [0.1, 0.15) is 17.4 Å². The Morgan fingerprint density at radius 3 is 2.67 bits per heavy atom. The van der Waals surface area contributed by atoms with Gasteiger partial charge in [-0.2, -0.15) is 0 Å². The van der Waals surface area contributed by atoms with E-state index in [0.29, 0.717) is 18.9 Å². The number of imidazole rings is 1. The molecule has 1 fully saturated rings. The minimum Gasteiger partial charge on any atom is -0.480 e. The predicted octanol–water partition coefficient (Wildman–Crippen LogP) is 4.67. The highest BCUT2D eigenvalue weighted by Crippen LogP contribution is 2.33. The zero-order valence-corrected chi connectivity index (χ0v) is 19.6. The lowest BCUT2D eigenvalue weighted by Gasteiger charge is -2.21. The van der Waals surface area contributed by atoms with Gasteiger partial charge in [0.2, 0.25) is 0 Å². The smallest absolute Gasteiger partial charge is 0.320 e. The first-order valence-corrected chi connectivity index (χ1v) is 12.5. The first-order chi connectivity index (χ1) is 16.0. The number of aliphatic carboxylic acids is 1. The van der Waals surface area contributed by atoms with E-state index in [1.165, 1.54) is 5.56 Å². The Kier molecular flexibility index (Phi) is 6.03. The van der Waals surface area contributed by atoms with Crippen LogP contribution in [0.15, 0.2) is 35.7 Å². The van der Waals surface area contributed by atoms with Gasteiger partial charge < -0.3 is 15.4 Å². The Bertz CT molecular complexity index is 1290. The molecule has 7 nitrogen and oxygen atoms in total. The van der Waals surface area contributed by atoms with E-state index in [0.717, 1.165) is 71.3 Å². The molecule has 5 rings (SSSR count). The van der Waals surface area contributed by atoms with Gasteiger partial charge in [-0.05, 0) is 48.4 Å². The summed E-state index contributed by atoms with van der Waals surface area (Å²) in [7, 11) is 0. The van der Waals surface area contributed by atoms with Crippen molar-refractivity contribution in [3.63, 3.8) is 0 Å². The number of pyridine rings is 1. The number of likely N-dealkylation sites (tertiary alicyclic amines) is 1. The molecule has 8 heteroatoms. The van der Waals surface area contributed by atoms with Crippen molar-refractivity contribution >= 4 is 44.4 Å². The number of rotatable bonds is 8. The topological polar surface area (TPSA) is 97.3 Å².